The molecule has 98 valence electrons. The van der Waals surface area contributed by atoms with E-state index < -0.39 is 11.9 Å². The standard InChI is InChI=1S/C13H13N3O3/c1-7-4-3-5-9(15-7)12(17)16-10-6-14-8(2)11(10)13(18)19/h3-6,14H,1-2H3,(H,16,17)(H,18,19). The lowest BCUT2D eigenvalue weighted by Gasteiger charge is -2.04. The molecule has 1 amide bonds. The molecule has 6 heteroatoms. The predicted molar refractivity (Wildman–Crippen MR) is 69.4 cm³/mol. The highest BCUT2D eigenvalue weighted by molar-refractivity contribution is 6.07. The van der Waals surface area contributed by atoms with Gasteiger partial charge in [0.25, 0.3) is 5.91 Å². The Labute approximate surface area is 109 Å². The van der Waals surface area contributed by atoms with Crippen molar-refractivity contribution in [2.45, 2.75) is 13.8 Å². The van der Waals surface area contributed by atoms with Crippen molar-refractivity contribution in [2.75, 3.05) is 5.32 Å². The van der Waals surface area contributed by atoms with Crippen LogP contribution in [-0.4, -0.2) is 27.0 Å². The van der Waals surface area contributed by atoms with Gasteiger partial charge in [-0.2, -0.15) is 0 Å². The fourth-order valence-electron chi connectivity index (χ4n) is 1.76. The normalized spacial score (nSPS) is 10.2. The summed E-state index contributed by atoms with van der Waals surface area (Å²) in [5, 5.41) is 11.6. The number of amides is 1. The summed E-state index contributed by atoms with van der Waals surface area (Å²) in [4.78, 5) is 29.9. The van der Waals surface area contributed by atoms with E-state index in [0.29, 0.717) is 5.69 Å². The molecule has 3 N–H and O–H groups in total. The summed E-state index contributed by atoms with van der Waals surface area (Å²) in [6, 6.07) is 5.07. The Hall–Kier alpha value is -2.63. The topological polar surface area (TPSA) is 95.1 Å². The first-order chi connectivity index (χ1) is 8.99. The van der Waals surface area contributed by atoms with E-state index in [2.05, 4.69) is 15.3 Å². The lowest BCUT2D eigenvalue weighted by molar-refractivity contribution is 0.0697. The maximum atomic E-state index is 12.0. The second-order valence-corrected chi connectivity index (χ2v) is 4.13. The molecule has 19 heavy (non-hydrogen) atoms. The first-order valence-electron chi connectivity index (χ1n) is 5.65. The smallest absolute Gasteiger partial charge is 0.339 e. The van der Waals surface area contributed by atoms with Crippen molar-refractivity contribution in [3.8, 4) is 0 Å². The van der Waals surface area contributed by atoms with Gasteiger partial charge in [0, 0.05) is 17.6 Å². The van der Waals surface area contributed by atoms with Crippen LogP contribution in [0.15, 0.2) is 24.4 Å². The number of pyridine rings is 1. The number of H-pyrrole nitrogens is 1. The van der Waals surface area contributed by atoms with Gasteiger partial charge in [0.2, 0.25) is 0 Å². The molecule has 2 aromatic heterocycles. The third kappa shape index (κ3) is 2.62. The minimum atomic E-state index is -1.09. The number of carboxylic acid groups (broad SMARTS) is 1. The molecule has 0 radical (unpaired) electrons. The van der Waals surface area contributed by atoms with E-state index in [1.807, 2.05) is 0 Å². The molecule has 0 aliphatic carbocycles. The molecular weight excluding hydrogens is 246 g/mol. The van der Waals surface area contributed by atoms with E-state index in [0.717, 1.165) is 5.69 Å². The number of aryl methyl sites for hydroxylation is 2. The molecule has 0 fully saturated rings. The van der Waals surface area contributed by atoms with Crippen LogP contribution in [0.2, 0.25) is 0 Å². The van der Waals surface area contributed by atoms with Crippen LogP contribution in [-0.2, 0) is 0 Å². The number of hydrogen-bond acceptors (Lipinski definition) is 3. The summed E-state index contributed by atoms with van der Waals surface area (Å²) >= 11 is 0. The molecule has 0 atom stereocenters. The van der Waals surface area contributed by atoms with Crippen LogP contribution in [0, 0.1) is 13.8 Å². The van der Waals surface area contributed by atoms with Gasteiger partial charge in [-0.25, -0.2) is 9.78 Å². The van der Waals surface area contributed by atoms with E-state index in [-0.39, 0.29) is 16.9 Å². The summed E-state index contributed by atoms with van der Waals surface area (Å²) in [6.45, 7) is 3.41. The second-order valence-electron chi connectivity index (χ2n) is 4.13. The van der Waals surface area contributed by atoms with Crippen LogP contribution in [0.3, 0.4) is 0 Å². The van der Waals surface area contributed by atoms with Gasteiger partial charge in [0.15, 0.2) is 0 Å². The van der Waals surface area contributed by atoms with E-state index in [4.69, 9.17) is 5.11 Å². The van der Waals surface area contributed by atoms with Crippen molar-refractivity contribution in [2.24, 2.45) is 0 Å². The quantitative estimate of drug-likeness (QED) is 0.785. The van der Waals surface area contributed by atoms with Gasteiger partial charge in [-0.1, -0.05) is 6.07 Å². The van der Waals surface area contributed by atoms with Crippen molar-refractivity contribution in [1.29, 1.82) is 0 Å². The lowest BCUT2D eigenvalue weighted by Crippen LogP contribution is -2.15. The van der Waals surface area contributed by atoms with Gasteiger partial charge in [0.1, 0.15) is 11.3 Å². The molecule has 0 unspecified atom stereocenters. The molecular formula is C13H13N3O3. The van der Waals surface area contributed by atoms with Crippen LogP contribution in [0.25, 0.3) is 0 Å². The third-order valence-electron chi connectivity index (χ3n) is 2.66. The highest BCUT2D eigenvalue weighted by atomic mass is 16.4. The zero-order valence-corrected chi connectivity index (χ0v) is 10.5. The van der Waals surface area contributed by atoms with Gasteiger partial charge >= 0.3 is 5.97 Å². The Bertz CT molecular complexity index is 646. The molecule has 0 spiro atoms. The van der Waals surface area contributed by atoms with Crippen LogP contribution in [0.1, 0.15) is 32.2 Å². The Kier molecular flexibility index (Phi) is 3.33. The first kappa shape index (κ1) is 12.8. The third-order valence-corrected chi connectivity index (χ3v) is 2.66. The molecule has 6 nitrogen and oxygen atoms in total. The van der Waals surface area contributed by atoms with Crippen molar-refractivity contribution in [3.05, 3.63) is 47.0 Å². The van der Waals surface area contributed by atoms with E-state index in [1.165, 1.54) is 6.20 Å². The van der Waals surface area contributed by atoms with Crippen LogP contribution < -0.4 is 5.32 Å². The Morgan fingerprint density at radius 1 is 1.32 bits per heavy atom. The zero-order chi connectivity index (χ0) is 14.0. The maximum Gasteiger partial charge on any atom is 0.339 e. The van der Waals surface area contributed by atoms with Crippen LogP contribution in [0.5, 0.6) is 0 Å². The molecule has 0 aromatic carbocycles. The van der Waals surface area contributed by atoms with Gasteiger partial charge < -0.3 is 15.4 Å². The number of anilines is 1. The highest BCUT2D eigenvalue weighted by Crippen LogP contribution is 2.19. The molecule has 0 aliphatic heterocycles. The molecule has 0 saturated carbocycles. The predicted octanol–water partition coefficient (Wildman–Crippen LogP) is 1.98. The Morgan fingerprint density at radius 3 is 2.68 bits per heavy atom. The average molecular weight is 259 g/mol. The maximum absolute atomic E-state index is 12.0. The number of rotatable bonds is 3. The Morgan fingerprint density at radius 2 is 2.05 bits per heavy atom. The summed E-state index contributed by atoms with van der Waals surface area (Å²) < 4.78 is 0. The molecule has 2 heterocycles. The minimum Gasteiger partial charge on any atom is -0.478 e. The van der Waals surface area contributed by atoms with E-state index in [1.54, 1.807) is 32.0 Å². The number of aromatic nitrogens is 2. The number of nitrogens with one attached hydrogen (secondary N) is 2. The highest BCUT2D eigenvalue weighted by Gasteiger charge is 2.18. The fraction of sp³-hybridized carbons (Fsp3) is 0.154. The zero-order valence-electron chi connectivity index (χ0n) is 10.5. The fourth-order valence-corrected chi connectivity index (χ4v) is 1.76. The summed E-state index contributed by atoms with van der Waals surface area (Å²) in [5.41, 5.74) is 1.74. The molecule has 0 saturated heterocycles. The largest absolute Gasteiger partial charge is 0.478 e. The minimum absolute atomic E-state index is 0.0565. The average Bonchev–Trinajstić information content (AvgIpc) is 2.70. The molecule has 0 bridgehead atoms. The summed E-state index contributed by atoms with van der Waals surface area (Å²) in [5.74, 6) is -1.53. The molecule has 2 aromatic rings. The number of carbonyl (C=O) groups excluding carboxylic acids is 1. The monoisotopic (exact) mass is 259 g/mol. The Balaban J connectivity index is 2.27. The number of nitrogens with zero attached hydrogens (tertiary/aromatic N) is 1. The number of aromatic amines is 1. The van der Waals surface area contributed by atoms with E-state index >= 15 is 0 Å². The molecule has 0 aliphatic rings. The van der Waals surface area contributed by atoms with Crippen LogP contribution in [0.4, 0.5) is 5.69 Å². The second kappa shape index (κ2) is 4.93. The van der Waals surface area contributed by atoms with Crippen molar-refractivity contribution in [1.82, 2.24) is 9.97 Å². The van der Waals surface area contributed by atoms with Gasteiger partial charge in [-0.3, -0.25) is 4.79 Å². The summed E-state index contributed by atoms with van der Waals surface area (Å²) in [6.07, 6.45) is 1.45. The number of hydrogen-bond donors (Lipinski definition) is 3. The van der Waals surface area contributed by atoms with Crippen molar-refractivity contribution >= 4 is 17.6 Å². The summed E-state index contributed by atoms with van der Waals surface area (Å²) in [7, 11) is 0. The SMILES string of the molecule is Cc1cccc(C(=O)Nc2c[nH]c(C)c2C(=O)O)n1. The lowest BCUT2D eigenvalue weighted by atomic mass is 10.2. The molecule has 2 rings (SSSR count). The number of carboxylic acids is 1. The van der Waals surface area contributed by atoms with Crippen LogP contribution >= 0.6 is 0 Å². The van der Waals surface area contributed by atoms with Gasteiger partial charge in [-0.15, -0.1) is 0 Å². The van der Waals surface area contributed by atoms with Gasteiger partial charge in [0.05, 0.1) is 5.69 Å². The van der Waals surface area contributed by atoms with Crippen molar-refractivity contribution in [3.63, 3.8) is 0 Å². The number of aromatic carboxylic acids is 1. The number of carbonyl (C=O) groups is 2. The van der Waals surface area contributed by atoms with Crippen molar-refractivity contribution < 1.29 is 14.7 Å². The van der Waals surface area contributed by atoms with E-state index in [9.17, 15) is 9.59 Å². The van der Waals surface area contributed by atoms with Gasteiger partial charge in [-0.05, 0) is 26.0 Å². The first-order valence-corrected chi connectivity index (χ1v) is 5.65.